The molecule has 4 aromatic rings. The molecule has 0 aromatic heterocycles. The minimum Gasteiger partial charge on any atom is -0.466 e. The predicted octanol–water partition coefficient (Wildman–Crippen LogP) is 7.12. The van der Waals surface area contributed by atoms with E-state index < -0.39 is 0 Å². The maximum Gasteiger partial charge on any atom is 0.188 e. The minimum absolute atomic E-state index is 0.158. The van der Waals surface area contributed by atoms with Crippen LogP contribution in [0.1, 0.15) is 5.56 Å². The van der Waals surface area contributed by atoms with Crippen LogP contribution >= 0.6 is 27.5 Å². The SMILES string of the molecule is COCOc1c(Br)cc2ccccc2c1-c1c(CN(C)C)c(Cl)cc2ccccc12. The van der Waals surface area contributed by atoms with Crippen LogP contribution in [-0.2, 0) is 11.3 Å². The molecule has 0 aliphatic rings. The van der Waals surface area contributed by atoms with Crippen LogP contribution in [0.3, 0.4) is 0 Å². The lowest BCUT2D eigenvalue weighted by molar-refractivity contribution is 0.0511. The molecule has 3 nitrogen and oxygen atoms in total. The summed E-state index contributed by atoms with van der Waals surface area (Å²) in [4.78, 5) is 2.13. The molecule has 4 aromatic carbocycles. The van der Waals surface area contributed by atoms with Gasteiger partial charge in [0.25, 0.3) is 0 Å². The van der Waals surface area contributed by atoms with Gasteiger partial charge in [-0.3, -0.25) is 0 Å². The summed E-state index contributed by atoms with van der Waals surface area (Å²) in [5.41, 5.74) is 3.19. The van der Waals surface area contributed by atoms with Crippen molar-refractivity contribution in [2.24, 2.45) is 0 Å². The zero-order valence-electron chi connectivity index (χ0n) is 17.2. The lowest BCUT2D eigenvalue weighted by Crippen LogP contribution is -2.12. The van der Waals surface area contributed by atoms with E-state index in [4.69, 9.17) is 21.1 Å². The van der Waals surface area contributed by atoms with Crippen LogP contribution in [0.4, 0.5) is 0 Å². The highest BCUT2D eigenvalue weighted by Gasteiger charge is 2.22. The van der Waals surface area contributed by atoms with Gasteiger partial charge in [0.15, 0.2) is 6.79 Å². The fourth-order valence-electron chi connectivity index (χ4n) is 3.91. The molecule has 4 rings (SSSR count). The van der Waals surface area contributed by atoms with E-state index in [-0.39, 0.29) is 6.79 Å². The van der Waals surface area contributed by atoms with E-state index in [0.29, 0.717) is 6.54 Å². The second-order valence-electron chi connectivity index (χ2n) is 7.51. The molecule has 0 heterocycles. The highest BCUT2D eigenvalue weighted by Crippen LogP contribution is 2.47. The van der Waals surface area contributed by atoms with E-state index >= 15 is 0 Å². The first-order valence-corrected chi connectivity index (χ1v) is 10.9. The number of benzene rings is 4. The van der Waals surface area contributed by atoms with Crippen molar-refractivity contribution in [3.8, 4) is 16.9 Å². The maximum atomic E-state index is 6.85. The van der Waals surface area contributed by atoms with E-state index in [1.807, 2.05) is 12.1 Å². The van der Waals surface area contributed by atoms with Crippen molar-refractivity contribution < 1.29 is 9.47 Å². The number of nitrogens with zero attached hydrogens (tertiary/aromatic N) is 1. The summed E-state index contributed by atoms with van der Waals surface area (Å²) in [6, 6.07) is 20.8. The van der Waals surface area contributed by atoms with Crippen LogP contribution in [0.15, 0.2) is 65.1 Å². The average molecular weight is 485 g/mol. The topological polar surface area (TPSA) is 21.7 Å². The highest BCUT2D eigenvalue weighted by atomic mass is 79.9. The molecule has 5 heteroatoms. The molecule has 0 saturated carbocycles. The molecule has 0 aliphatic carbocycles. The number of ether oxygens (including phenoxy) is 2. The van der Waals surface area contributed by atoms with Crippen LogP contribution in [0.2, 0.25) is 5.02 Å². The molecular formula is C25H23BrClNO2. The Morgan fingerprint density at radius 1 is 0.900 bits per heavy atom. The molecule has 154 valence electrons. The molecule has 0 spiro atoms. The first-order valence-electron chi connectivity index (χ1n) is 9.69. The lowest BCUT2D eigenvalue weighted by atomic mass is 9.89. The van der Waals surface area contributed by atoms with Gasteiger partial charge in [0, 0.05) is 24.2 Å². The lowest BCUT2D eigenvalue weighted by Gasteiger charge is -2.23. The molecule has 0 unspecified atom stereocenters. The Kier molecular flexibility index (Phi) is 6.30. The van der Waals surface area contributed by atoms with Crippen molar-refractivity contribution in [1.29, 1.82) is 0 Å². The van der Waals surface area contributed by atoms with Crippen LogP contribution in [0.5, 0.6) is 5.75 Å². The number of methoxy groups -OCH3 is 1. The quantitative estimate of drug-likeness (QED) is 0.272. The van der Waals surface area contributed by atoms with Gasteiger partial charge in [0.05, 0.1) is 4.47 Å². The Morgan fingerprint density at radius 2 is 1.50 bits per heavy atom. The summed E-state index contributed by atoms with van der Waals surface area (Å²) < 4.78 is 12.2. The summed E-state index contributed by atoms with van der Waals surface area (Å²) in [6.07, 6.45) is 0. The van der Waals surface area contributed by atoms with E-state index in [0.717, 1.165) is 53.5 Å². The van der Waals surface area contributed by atoms with Gasteiger partial charge in [0.1, 0.15) is 5.75 Å². The van der Waals surface area contributed by atoms with Gasteiger partial charge in [-0.2, -0.15) is 0 Å². The molecule has 30 heavy (non-hydrogen) atoms. The van der Waals surface area contributed by atoms with Crippen molar-refractivity contribution in [3.63, 3.8) is 0 Å². The third kappa shape index (κ3) is 3.93. The number of hydrogen-bond donors (Lipinski definition) is 0. The Hall–Kier alpha value is -2.11. The molecular weight excluding hydrogens is 462 g/mol. The van der Waals surface area contributed by atoms with Crippen LogP contribution in [-0.4, -0.2) is 32.9 Å². The molecule has 0 radical (unpaired) electrons. The molecule has 0 fully saturated rings. The fraction of sp³-hybridized carbons (Fsp3) is 0.200. The Morgan fingerprint density at radius 3 is 2.13 bits per heavy atom. The standard InChI is InChI=1S/C25H23BrClNO2/c1-28(2)14-20-22(27)13-17-9-5-6-10-18(17)23(20)24-19-11-7-4-8-16(19)12-21(26)25(24)30-15-29-3/h4-13H,14-15H2,1-3H3. The molecule has 0 bridgehead atoms. The molecule has 0 N–H and O–H groups in total. The first-order chi connectivity index (χ1) is 14.5. The summed E-state index contributed by atoms with van der Waals surface area (Å²) >= 11 is 10.6. The van der Waals surface area contributed by atoms with E-state index in [1.165, 1.54) is 0 Å². The third-order valence-corrected chi connectivity index (χ3v) is 6.03. The Labute approximate surface area is 190 Å². The average Bonchev–Trinajstić information content (AvgIpc) is 2.72. The van der Waals surface area contributed by atoms with Gasteiger partial charge in [-0.1, -0.05) is 60.1 Å². The number of rotatable bonds is 6. The fourth-order valence-corrected chi connectivity index (χ4v) is 4.75. The zero-order chi connectivity index (χ0) is 21.3. The zero-order valence-corrected chi connectivity index (χ0v) is 19.5. The summed E-state index contributed by atoms with van der Waals surface area (Å²) in [7, 11) is 5.73. The summed E-state index contributed by atoms with van der Waals surface area (Å²) in [5.74, 6) is 0.753. The van der Waals surface area contributed by atoms with Crippen LogP contribution in [0.25, 0.3) is 32.7 Å². The number of fused-ring (bicyclic) bond motifs is 2. The van der Waals surface area contributed by atoms with Crippen LogP contribution in [0, 0.1) is 0 Å². The monoisotopic (exact) mass is 483 g/mol. The third-order valence-electron chi connectivity index (χ3n) is 5.10. The second-order valence-corrected chi connectivity index (χ2v) is 8.77. The minimum atomic E-state index is 0.158. The molecule has 0 aliphatic heterocycles. The van der Waals surface area contributed by atoms with E-state index in [1.54, 1.807) is 7.11 Å². The van der Waals surface area contributed by atoms with E-state index in [2.05, 4.69) is 83.5 Å². The highest BCUT2D eigenvalue weighted by molar-refractivity contribution is 9.10. The predicted molar refractivity (Wildman–Crippen MR) is 129 cm³/mol. The second kappa shape index (κ2) is 8.94. The molecule has 0 atom stereocenters. The first kappa shape index (κ1) is 21.1. The maximum absolute atomic E-state index is 6.85. The number of hydrogen-bond acceptors (Lipinski definition) is 3. The Balaban J connectivity index is 2.19. The normalized spacial score (nSPS) is 11.5. The largest absolute Gasteiger partial charge is 0.466 e. The number of halogens is 2. The Bertz CT molecular complexity index is 1220. The van der Waals surface area contributed by atoms with Gasteiger partial charge in [-0.05, 0) is 74.8 Å². The van der Waals surface area contributed by atoms with Crippen molar-refractivity contribution in [2.75, 3.05) is 28.0 Å². The van der Waals surface area contributed by atoms with Gasteiger partial charge in [-0.15, -0.1) is 0 Å². The van der Waals surface area contributed by atoms with Crippen molar-refractivity contribution >= 4 is 49.1 Å². The van der Waals surface area contributed by atoms with Gasteiger partial charge in [0.2, 0.25) is 0 Å². The van der Waals surface area contributed by atoms with Gasteiger partial charge >= 0.3 is 0 Å². The van der Waals surface area contributed by atoms with E-state index in [9.17, 15) is 0 Å². The smallest absolute Gasteiger partial charge is 0.188 e. The van der Waals surface area contributed by atoms with Gasteiger partial charge < -0.3 is 14.4 Å². The van der Waals surface area contributed by atoms with Gasteiger partial charge in [-0.25, -0.2) is 0 Å². The molecule has 0 amide bonds. The summed E-state index contributed by atoms with van der Waals surface area (Å²) in [6.45, 7) is 0.870. The van der Waals surface area contributed by atoms with Crippen LogP contribution < -0.4 is 4.74 Å². The van der Waals surface area contributed by atoms with Crippen molar-refractivity contribution in [2.45, 2.75) is 6.54 Å². The van der Waals surface area contributed by atoms with Crippen molar-refractivity contribution in [1.82, 2.24) is 4.90 Å². The van der Waals surface area contributed by atoms with Crippen molar-refractivity contribution in [3.05, 3.63) is 75.7 Å². The summed E-state index contributed by atoms with van der Waals surface area (Å²) in [5, 5.41) is 5.23. The molecule has 0 saturated heterocycles.